The van der Waals surface area contributed by atoms with E-state index >= 15 is 0 Å². The van der Waals surface area contributed by atoms with Gasteiger partial charge in [-0.2, -0.15) is 5.26 Å². The van der Waals surface area contributed by atoms with Crippen molar-refractivity contribution in [2.24, 2.45) is 5.92 Å². The van der Waals surface area contributed by atoms with E-state index in [2.05, 4.69) is 52.8 Å². The van der Waals surface area contributed by atoms with Crippen molar-refractivity contribution < 1.29 is 4.42 Å². The Morgan fingerprint density at radius 3 is 2.55 bits per heavy atom. The van der Waals surface area contributed by atoms with Gasteiger partial charge in [0.2, 0.25) is 5.76 Å². The first-order valence-electron chi connectivity index (χ1n) is 7.35. The van der Waals surface area contributed by atoms with Gasteiger partial charge in [0.15, 0.2) is 0 Å². The molecule has 2 nitrogen and oxygen atoms in total. The van der Waals surface area contributed by atoms with Crippen molar-refractivity contribution >= 4 is 11.0 Å². The Balaban J connectivity index is 2.64. The average Bonchev–Trinajstić information content (AvgIpc) is 2.75. The van der Waals surface area contributed by atoms with Crippen LogP contribution in [0.25, 0.3) is 11.0 Å². The number of fused-ring (bicyclic) bond motifs is 1. The Bertz CT molecular complexity index is 656. The predicted octanol–water partition coefficient (Wildman–Crippen LogP) is 5.19. The summed E-state index contributed by atoms with van der Waals surface area (Å²) in [7, 11) is 0. The fraction of sp³-hybridized carbons (Fsp3) is 0.500. The van der Waals surface area contributed by atoms with Gasteiger partial charge in [0.1, 0.15) is 11.7 Å². The van der Waals surface area contributed by atoms with Crippen LogP contribution < -0.4 is 0 Å². The first-order chi connectivity index (χ1) is 9.39. The quantitative estimate of drug-likeness (QED) is 0.765. The van der Waals surface area contributed by atoms with E-state index in [9.17, 15) is 5.26 Å². The van der Waals surface area contributed by atoms with E-state index in [1.165, 1.54) is 5.56 Å². The standard InChI is InChI=1S/C18H23NO/c1-6-18(4,5)13-7-8-16-15(10-13)14(9-12(2)3)17(11-19)20-16/h7-8,10,12H,6,9H2,1-5H3. The Labute approximate surface area is 121 Å². The van der Waals surface area contributed by atoms with Crippen LogP contribution in [-0.2, 0) is 11.8 Å². The number of nitriles is 1. The summed E-state index contributed by atoms with van der Waals surface area (Å²) >= 11 is 0. The topological polar surface area (TPSA) is 36.9 Å². The van der Waals surface area contributed by atoms with Crippen LogP contribution in [0.4, 0.5) is 0 Å². The Kier molecular flexibility index (Phi) is 3.90. The van der Waals surface area contributed by atoms with Gasteiger partial charge >= 0.3 is 0 Å². The molecule has 0 aliphatic rings. The minimum atomic E-state index is 0.146. The zero-order valence-electron chi connectivity index (χ0n) is 13.1. The monoisotopic (exact) mass is 269 g/mol. The zero-order valence-corrected chi connectivity index (χ0v) is 13.1. The summed E-state index contributed by atoms with van der Waals surface area (Å²) in [6, 6.07) is 8.53. The molecule has 0 saturated heterocycles. The normalized spacial score (nSPS) is 12.1. The maximum atomic E-state index is 9.26. The summed E-state index contributed by atoms with van der Waals surface area (Å²) in [5.41, 5.74) is 3.34. The third-order valence-electron chi connectivity index (χ3n) is 4.17. The highest BCUT2D eigenvalue weighted by atomic mass is 16.3. The van der Waals surface area contributed by atoms with Gasteiger partial charge in [-0.25, -0.2) is 0 Å². The van der Waals surface area contributed by atoms with Gasteiger partial charge in [0.25, 0.3) is 0 Å². The van der Waals surface area contributed by atoms with Gasteiger partial charge in [0.05, 0.1) is 0 Å². The summed E-state index contributed by atoms with van der Waals surface area (Å²) in [5.74, 6) is 0.978. The third kappa shape index (κ3) is 2.58. The predicted molar refractivity (Wildman–Crippen MR) is 82.8 cm³/mol. The highest BCUT2D eigenvalue weighted by molar-refractivity contribution is 5.84. The second-order valence-electron chi connectivity index (χ2n) is 6.57. The molecule has 106 valence electrons. The van der Waals surface area contributed by atoms with Gasteiger partial charge in [-0.3, -0.25) is 0 Å². The minimum absolute atomic E-state index is 0.146. The summed E-state index contributed by atoms with van der Waals surface area (Å²) in [4.78, 5) is 0. The first-order valence-corrected chi connectivity index (χ1v) is 7.35. The van der Waals surface area contributed by atoms with Crippen LogP contribution in [0.1, 0.15) is 57.9 Å². The van der Waals surface area contributed by atoms with Crippen molar-refractivity contribution in [1.82, 2.24) is 0 Å². The lowest BCUT2D eigenvalue weighted by Crippen LogP contribution is -2.15. The molecule has 2 aromatic rings. The molecule has 2 heteroatoms. The first kappa shape index (κ1) is 14.7. The van der Waals surface area contributed by atoms with E-state index in [-0.39, 0.29) is 5.41 Å². The van der Waals surface area contributed by atoms with E-state index in [1.807, 2.05) is 6.07 Å². The van der Waals surface area contributed by atoms with E-state index < -0.39 is 0 Å². The molecule has 0 unspecified atom stereocenters. The Morgan fingerprint density at radius 2 is 2.00 bits per heavy atom. The van der Waals surface area contributed by atoms with Crippen molar-refractivity contribution in [1.29, 1.82) is 5.26 Å². The SMILES string of the molecule is CCC(C)(C)c1ccc2oc(C#N)c(CC(C)C)c2c1. The van der Waals surface area contributed by atoms with Crippen molar-refractivity contribution in [3.8, 4) is 6.07 Å². The van der Waals surface area contributed by atoms with Gasteiger partial charge in [-0.1, -0.05) is 40.7 Å². The molecule has 1 aromatic carbocycles. The number of rotatable bonds is 4. The number of hydrogen-bond acceptors (Lipinski definition) is 2. The number of nitrogens with zero attached hydrogens (tertiary/aromatic N) is 1. The highest BCUT2D eigenvalue weighted by Crippen LogP contribution is 2.33. The molecule has 0 bridgehead atoms. The molecule has 0 fully saturated rings. The van der Waals surface area contributed by atoms with E-state index in [4.69, 9.17) is 4.42 Å². The van der Waals surface area contributed by atoms with Crippen LogP contribution in [0.2, 0.25) is 0 Å². The molecule has 1 aromatic heterocycles. The Morgan fingerprint density at radius 1 is 1.30 bits per heavy atom. The molecule has 0 N–H and O–H groups in total. The lowest BCUT2D eigenvalue weighted by Gasteiger charge is -2.23. The molecule has 0 saturated carbocycles. The Hall–Kier alpha value is -1.75. The molecule has 0 aliphatic carbocycles. The maximum absolute atomic E-state index is 9.26. The van der Waals surface area contributed by atoms with Crippen LogP contribution in [0, 0.1) is 17.2 Å². The van der Waals surface area contributed by atoms with Crippen LogP contribution in [0.3, 0.4) is 0 Å². The van der Waals surface area contributed by atoms with Crippen molar-refractivity contribution in [3.63, 3.8) is 0 Å². The number of furan rings is 1. The summed E-state index contributed by atoms with van der Waals surface area (Å²) in [6.45, 7) is 11.0. The molecular weight excluding hydrogens is 246 g/mol. The summed E-state index contributed by atoms with van der Waals surface area (Å²) in [6.07, 6.45) is 1.97. The summed E-state index contributed by atoms with van der Waals surface area (Å²) in [5, 5.41) is 10.4. The van der Waals surface area contributed by atoms with Gasteiger partial charge in [-0.15, -0.1) is 0 Å². The molecular formula is C18H23NO. The lowest BCUT2D eigenvalue weighted by molar-refractivity contribution is 0.506. The van der Waals surface area contributed by atoms with Gasteiger partial charge in [0, 0.05) is 10.9 Å². The third-order valence-corrected chi connectivity index (χ3v) is 4.17. The fourth-order valence-corrected chi connectivity index (χ4v) is 2.47. The number of hydrogen-bond donors (Lipinski definition) is 0. The van der Waals surface area contributed by atoms with Gasteiger partial charge < -0.3 is 4.42 Å². The smallest absolute Gasteiger partial charge is 0.207 e. The van der Waals surface area contributed by atoms with E-state index in [0.717, 1.165) is 29.4 Å². The second kappa shape index (κ2) is 5.32. The van der Waals surface area contributed by atoms with Gasteiger partial charge in [-0.05, 0) is 41.9 Å². The average molecular weight is 269 g/mol. The van der Waals surface area contributed by atoms with Crippen LogP contribution in [0.15, 0.2) is 22.6 Å². The molecule has 0 aliphatic heterocycles. The minimum Gasteiger partial charge on any atom is -0.445 e. The van der Waals surface area contributed by atoms with E-state index in [1.54, 1.807) is 0 Å². The van der Waals surface area contributed by atoms with Crippen molar-refractivity contribution in [2.45, 2.75) is 52.9 Å². The van der Waals surface area contributed by atoms with Crippen molar-refractivity contribution in [3.05, 3.63) is 35.1 Å². The van der Waals surface area contributed by atoms with E-state index in [0.29, 0.717) is 11.7 Å². The number of benzene rings is 1. The molecule has 1 heterocycles. The largest absolute Gasteiger partial charge is 0.445 e. The lowest BCUT2D eigenvalue weighted by atomic mass is 9.81. The zero-order chi connectivity index (χ0) is 14.9. The molecule has 20 heavy (non-hydrogen) atoms. The van der Waals surface area contributed by atoms with Crippen LogP contribution >= 0.6 is 0 Å². The summed E-state index contributed by atoms with van der Waals surface area (Å²) < 4.78 is 5.69. The molecule has 0 amide bonds. The molecule has 0 radical (unpaired) electrons. The molecule has 0 spiro atoms. The van der Waals surface area contributed by atoms with Crippen molar-refractivity contribution in [2.75, 3.05) is 0 Å². The highest BCUT2D eigenvalue weighted by Gasteiger charge is 2.21. The molecule has 2 rings (SSSR count). The maximum Gasteiger partial charge on any atom is 0.207 e. The second-order valence-corrected chi connectivity index (χ2v) is 6.57. The fourth-order valence-electron chi connectivity index (χ4n) is 2.47. The molecule has 0 atom stereocenters. The van der Waals surface area contributed by atoms with Crippen LogP contribution in [-0.4, -0.2) is 0 Å². The van der Waals surface area contributed by atoms with Crippen LogP contribution in [0.5, 0.6) is 0 Å².